The van der Waals surface area contributed by atoms with E-state index in [0.717, 1.165) is 28.8 Å². The zero-order valence-electron chi connectivity index (χ0n) is 14.2. The Kier molecular flexibility index (Phi) is 4.53. The van der Waals surface area contributed by atoms with Crippen molar-refractivity contribution in [2.24, 2.45) is 0 Å². The standard InChI is InChI=1S/C19H19N5OS/c20-14-4-5-16-17(12-14)26-18(22-16)23-19(25)24-9-6-13(7-10-24)11-15-3-1-2-8-21-15/h1-5,8,11-12H,6-7,9-10,20H2,(H,22,23,25). The molecule has 3 N–H and O–H groups in total. The Morgan fingerprint density at radius 3 is 2.85 bits per heavy atom. The number of hydrogen-bond donors (Lipinski definition) is 2. The zero-order chi connectivity index (χ0) is 17.9. The predicted octanol–water partition coefficient (Wildman–Crippen LogP) is 3.98. The van der Waals surface area contributed by atoms with Crippen LogP contribution in [0.15, 0.2) is 48.2 Å². The Bertz CT molecular complexity index is 956. The predicted molar refractivity (Wildman–Crippen MR) is 106 cm³/mol. The number of pyridine rings is 1. The van der Waals surface area contributed by atoms with E-state index in [1.54, 1.807) is 6.20 Å². The Labute approximate surface area is 155 Å². The van der Waals surface area contributed by atoms with Gasteiger partial charge in [0.05, 0.1) is 15.9 Å². The van der Waals surface area contributed by atoms with Crippen molar-refractivity contribution >= 4 is 44.5 Å². The van der Waals surface area contributed by atoms with Crippen molar-refractivity contribution in [2.45, 2.75) is 12.8 Å². The van der Waals surface area contributed by atoms with Gasteiger partial charge >= 0.3 is 6.03 Å². The number of anilines is 2. The number of nitrogens with zero attached hydrogens (tertiary/aromatic N) is 3. The fourth-order valence-corrected chi connectivity index (χ4v) is 3.88. The number of likely N-dealkylation sites (tertiary alicyclic amines) is 1. The Morgan fingerprint density at radius 2 is 2.08 bits per heavy atom. The molecule has 1 aliphatic heterocycles. The van der Waals surface area contributed by atoms with Gasteiger partial charge in [-0.25, -0.2) is 9.78 Å². The second-order valence-electron chi connectivity index (χ2n) is 6.22. The summed E-state index contributed by atoms with van der Waals surface area (Å²) >= 11 is 1.44. The molecular formula is C19H19N5OS. The van der Waals surface area contributed by atoms with Crippen molar-refractivity contribution in [1.29, 1.82) is 0 Å². The smallest absolute Gasteiger partial charge is 0.323 e. The maximum atomic E-state index is 12.5. The molecule has 0 atom stereocenters. The molecule has 0 bridgehead atoms. The van der Waals surface area contributed by atoms with Gasteiger partial charge in [-0.1, -0.05) is 23.0 Å². The van der Waals surface area contributed by atoms with Crippen molar-refractivity contribution in [3.63, 3.8) is 0 Å². The number of nitrogens with one attached hydrogen (secondary N) is 1. The number of nitrogens with two attached hydrogens (primary N) is 1. The molecule has 26 heavy (non-hydrogen) atoms. The number of aromatic nitrogens is 2. The summed E-state index contributed by atoms with van der Waals surface area (Å²) in [6.45, 7) is 1.39. The third-order valence-electron chi connectivity index (χ3n) is 4.36. The van der Waals surface area contributed by atoms with Crippen molar-refractivity contribution in [2.75, 3.05) is 24.1 Å². The number of piperidine rings is 1. The summed E-state index contributed by atoms with van der Waals surface area (Å²) in [6, 6.07) is 11.3. The molecule has 2 amide bonds. The van der Waals surface area contributed by atoms with Gasteiger partial charge in [0.15, 0.2) is 5.13 Å². The van der Waals surface area contributed by atoms with E-state index in [1.165, 1.54) is 16.9 Å². The highest BCUT2D eigenvalue weighted by atomic mass is 32.1. The van der Waals surface area contributed by atoms with Gasteiger partial charge in [0, 0.05) is 25.0 Å². The second kappa shape index (κ2) is 7.13. The van der Waals surface area contributed by atoms with E-state index in [-0.39, 0.29) is 6.03 Å². The number of fused-ring (bicyclic) bond motifs is 1. The molecule has 4 rings (SSSR count). The normalized spacial score (nSPS) is 14.5. The third-order valence-corrected chi connectivity index (χ3v) is 5.29. The summed E-state index contributed by atoms with van der Waals surface area (Å²) in [7, 11) is 0. The van der Waals surface area contributed by atoms with E-state index in [4.69, 9.17) is 5.73 Å². The van der Waals surface area contributed by atoms with Crippen LogP contribution in [0.3, 0.4) is 0 Å². The molecule has 1 saturated heterocycles. The van der Waals surface area contributed by atoms with Crippen LogP contribution in [-0.4, -0.2) is 34.0 Å². The first-order valence-electron chi connectivity index (χ1n) is 8.50. The number of carbonyl (C=O) groups is 1. The van der Waals surface area contributed by atoms with Crippen LogP contribution in [0.25, 0.3) is 16.3 Å². The summed E-state index contributed by atoms with van der Waals surface area (Å²) in [5.74, 6) is 0. The lowest BCUT2D eigenvalue weighted by atomic mass is 10.0. The number of amides is 2. The summed E-state index contributed by atoms with van der Waals surface area (Å²) < 4.78 is 0.972. The van der Waals surface area contributed by atoms with Crippen LogP contribution in [0.1, 0.15) is 18.5 Å². The molecule has 1 aliphatic rings. The number of rotatable bonds is 2. The lowest BCUT2D eigenvalue weighted by Gasteiger charge is -2.28. The highest BCUT2D eigenvalue weighted by Gasteiger charge is 2.20. The van der Waals surface area contributed by atoms with Crippen molar-refractivity contribution in [3.05, 3.63) is 53.9 Å². The van der Waals surface area contributed by atoms with E-state index < -0.39 is 0 Å². The topological polar surface area (TPSA) is 84.1 Å². The molecule has 3 aromatic rings. The molecule has 2 aromatic heterocycles. The molecule has 0 unspecified atom stereocenters. The largest absolute Gasteiger partial charge is 0.399 e. The first-order valence-corrected chi connectivity index (χ1v) is 9.31. The van der Waals surface area contributed by atoms with Crippen LogP contribution in [-0.2, 0) is 0 Å². The second-order valence-corrected chi connectivity index (χ2v) is 7.25. The lowest BCUT2D eigenvalue weighted by molar-refractivity contribution is 0.208. The Morgan fingerprint density at radius 1 is 1.23 bits per heavy atom. The average molecular weight is 365 g/mol. The van der Waals surface area contributed by atoms with Gasteiger partial charge in [0.2, 0.25) is 0 Å². The van der Waals surface area contributed by atoms with Gasteiger partial charge in [0.1, 0.15) is 0 Å². The molecule has 0 radical (unpaired) electrons. The van der Waals surface area contributed by atoms with Gasteiger partial charge in [-0.05, 0) is 49.2 Å². The van der Waals surface area contributed by atoms with Crippen molar-refractivity contribution < 1.29 is 4.79 Å². The minimum atomic E-state index is -0.103. The molecule has 1 fully saturated rings. The molecule has 0 aliphatic carbocycles. The Hall–Kier alpha value is -2.93. The summed E-state index contributed by atoms with van der Waals surface area (Å²) in [4.78, 5) is 23.1. The van der Waals surface area contributed by atoms with E-state index in [1.807, 2.05) is 41.3 Å². The molecule has 1 aromatic carbocycles. The molecule has 6 nitrogen and oxygen atoms in total. The molecule has 132 valence electrons. The number of nitrogen functional groups attached to an aromatic ring is 1. The molecule has 7 heteroatoms. The third kappa shape index (κ3) is 3.67. The van der Waals surface area contributed by atoms with Crippen molar-refractivity contribution in [1.82, 2.24) is 14.9 Å². The number of hydrogen-bond acceptors (Lipinski definition) is 5. The minimum Gasteiger partial charge on any atom is -0.399 e. The SMILES string of the molecule is Nc1ccc2nc(NC(=O)N3CCC(=Cc4ccccn4)CC3)sc2c1. The van der Waals surface area contributed by atoms with Crippen LogP contribution in [0.2, 0.25) is 0 Å². The fourth-order valence-electron chi connectivity index (χ4n) is 2.98. The fraction of sp³-hybridized carbons (Fsp3) is 0.211. The maximum Gasteiger partial charge on any atom is 0.323 e. The molecule has 3 heterocycles. The van der Waals surface area contributed by atoms with Gasteiger partial charge in [0.25, 0.3) is 0 Å². The highest BCUT2D eigenvalue weighted by Crippen LogP contribution is 2.28. The van der Waals surface area contributed by atoms with E-state index >= 15 is 0 Å². The van der Waals surface area contributed by atoms with E-state index in [9.17, 15) is 4.79 Å². The number of carbonyl (C=O) groups excluding carboxylic acids is 1. The summed E-state index contributed by atoms with van der Waals surface area (Å²) in [5.41, 5.74) is 9.62. The Balaban J connectivity index is 1.38. The minimum absolute atomic E-state index is 0.103. The van der Waals surface area contributed by atoms with Crippen LogP contribution < -0.4 is 11.1 Å². The molecule has 0 spiro atoms. The van der Waals surface area contributed by atoms with Crippen LogP contribution in [0.5, 0.6) is 0 Å². The first kappa shape index (κ1) is 16.5. The highest BCUT2D eigenvalue weighted by molar-refractivity contribution is 7.22. The average Bonchev–Trinajstić information content (AvgIpc) is 3.04. The van der Waals surface area contributed by atoms with Crippen LogP contribution in [0, 0.1) is 0 Å². The number of benzene rings is 1. The van der Waals surface area contributed by atoms with Gasteiger partial charge in [-0.15, -0.1) is 0 Å². The molecular weight excluding hydrogens is 346 g/mol. The summed E-state index contributed by atoms with van der Waals surface area (Å²) in [6.07, 6.45) is 5.63. The van der Waals surface area contributed by atoms with Gasteiger partial charge in [-0.2, -0.15) is 0 Å². The van der Waals surface area contributed by atoms with Crippen molar-refractivity contribution in [3.8, 4) is 0 Å². The maximum absolute atomic E-state index is 12.5. The van der Waals surface area contributed by atoms with E-state index in [2.05, 4.69) is 21.4 Å². The first-order chi connectivity index (χ1) is 12.7. The molecule has 0 saturated carbocycles. The van der Waals surface area contributed by atoms with Crippen LogP contribution >= 0.6 is 11.3 Å². The summed E-state index contributed by atoms with van der Waals surface area (Å²) in [5, 5.41) is 3.51. The van der Waals surface area contributed by atoms with Crippen LogP contribution in [0.4, 0.5) is 15.6 Å². The monoisotopic (exact) mass is 365 g/mol. The number of thiazole rings is 1. The van der Waals surface area contributed by atoms with Gasteiger partial charge < -0.3 is 10.6 Å². The number of urea groups is 1. The van der Waals surface area contributed by atoms with E-state index in [0.29, 0.717) is 23.9 Å². The zero-order valence-corrected chi connectivity index (χ0v) is 15.0. The van der Waals surface area contributed by atoms with Gasteiger partial charge in [-0.3, -0.25) is 10.3 Å². The quantitative estimate of drug-likeness (QED) is 0.673. The lowest BCUT2D eigenvalue weighted by Crippen LogP contribution is -2.39.